The lowest BCUT2D eigenvalue weighted by Crippen LogP contribution is -2.58. The quantitative estimate of drug-likeness (QED) is 0.184. The van der Waals surface area contributed by atoms with Crippen LogP contribution >= 0.6 is 0 Å². The van der Waals surface area contributed by atoms with Gasteiger partial charge in [-0.3, -0.25) is 0 Å². The smallest absolute Gasteiger partial charge is 0.169 e. The zero-order valence-electron chi connectivity index (χ0n) is 12.6. The van der Waals surface area contributed by atoms with Gasteiger partial charge in [-0.25, -0.2) is 0 Å². The van der Waals surface area contributed by atoms with Crippen molar-refractivity contribution in [3.05, 3.63) is 23.1 Å². The minimum Gasteiger partial charge on any atom is -0.394 e. The molecule has 1 aliphatic heterocycles. The molecule has 0 amide bonds. The molecular weight excluding hydrogens is 290 g/mol. The maximum absolute atomic E-state index is 9.94. The molecule has 126 valence electrons. The van der Waals surface area contributed by atoms with E-state index in [1.165, 1.54) is 0 Å². The second-order valence-corrected chi connectivity index (χ2v) is 5.26. The molecule has 0 spiro atoms. The van der Waals surface area contributed by atoms with Crippen LogP contribution < -0.4 is 0 Å². The van der Waals surface area contributed by atoms with Crippen molar-refractivity contribution in [3.8, 4) is 0 Å². The van der Waals surface area contributed by atoms with Crippen LogP contribution in [0.1, 0.15) is 32.1 Å². The Kier molecular flexibility index (Phi) is 9.07. The van der Waals surface area contributed by atoms with Gasteiger partial charge in [-0.2, -0.15) is 0 Å². The molecule has 0 bridgehead atoms. The first-order chi connectivity index (χ1) is 10.7. The molecule has 22 heavy (non-hydrogen) atoms. The number of allylic oxidation sites excluding steroid dienone is 1. The van der Waals surface area contributed by atoms with Crippen LogP contribution in [-0.4, -0.2) is 59.2 Å². The van der Waals surface area contributed by atoms with Crippen LogP contribution in [0.15, 0.2) is 17.8 Å². The highest BCUT2D eigenvalue weighted by Gasteiger charge is 2.44. The summed E-state index contributed by atoms with van der Waals surface area (Å²) < 4.78 is 10.9. The fourth-order valence-corrected chi connectivity index (χ4v) is 2.33. The number of unbranched alkanes of at least 4 members (excludes halogenated alkanes) is 4. The Morgan fingerprint density at radius 3 is 2.59 bits per heavy atom. The molecule has 1 heterocycles. The molecular formula is C14H25N3O5. The van der Waals surface area contributed by atoms with Gasteiger partial charge in [-0.05, 0) is 24.8 Å². The summed E-state index contributed by atoms with van der Waals surface area (Å²) in [6, 6.07) is -1.04. The predicted octanol–water partition coefficient (Wildman–Crippen LogP) is 1.26. The number of hydrogen-bond acceptors (Lipinski definition) is 6. The maximum Gasteiger partial charge on any atom is 0.169 e. The predicted molar refractivity (Wildman–Crippen MR) is 79.9 cm³/mol. The molecule has 3 unspecified atom stereocenters. The standard InChI is InChI=1S/C14H25N3O5/c1-2-3-4-5-6-7-8-21-14-11(16-17-15)13(20)12(19)10(9-18)22-14/h2,10-14,18-20H,1,3-9H2/t10?,11?,12-,13-,14?/m1/s1. The van der Waals surface area contributed by atoms with Gasteiger partial charge < -0.3 is 24.8 Å². The number of aliphatic hydroxyl groups excluding tert-OH is 3. The van der Waals surface area contributed by atoms with Crippen molar-refractivity contribution in [2.45, 2.75) is 62.7 Å². The van der Waals surface area contributed by atoms with Gasteiger partial charge in [0.1, 0.15) is 18.2 Å². The third kappa shape index (κ3) is 5.57. The van der Waals surface area contributed by atoms with Gasteiger partial charge in [0.15, 0.2) is 6.29 Å². The van der Waals surface area contributed by atoms with Crippen molar-refractivity contribution >= 4 is 0 Å². The largest absolute Gasteiger partial charge is 0.394 e. The lowest BCUT2D eigenvalue weighted by Gasteiger charge is -2.40. The van der Waals surface area contributed by atoms with E-state index in [9.17, 15) is 10.2 Å². The molecule has 1 saturated heterocycles. The van der Waals surface area contributed by atoms with Crippen LogP contribution in [0.5, 0.6) is 0 Å². The highest BCUT2D eigenvalue weighted by Crippen LogP contribution is 2.24. The van der Waals surface area contributed by atoms with Crippen molar-refractivity contribution in [1.29, 1.82) is 0 Å². The van der Waals surface area contributed by atoms with E-state index in [0.717, 1.165) is 32.1 Å². The van der Waals surface area contributed by atoms with Gasteiger partial charge in [0.05, 0.1) is 12.7 Å². The lowest BCUT2D eigenvalue weighted by atomic mass is 9.98. The van der Waals surface area contributed by atoms with Crippen molar-refractivity contribution in [3.63, 3.8) is 0 Å². The number of ether oxygens (including phenoxy) is 2. The molecule has 0 aromatic heterocycles. The third-order valence-electron chi connectivity index (χ3n) is 3.62. The first kappa shape index (κ1) is 18.9. The van der Waals surface area contributed by atoms with Gasteiger partial charge in [0, 0.05) is 11.5 Å². The summed E-state index contributed by atoms with van der Waals surface area (Å²) in [5, 5.41) is 32.3. The van der Waals surface area contributed by atoms with Crippen LogP contribution in [0, 0.1) is 0 Å². The molecule has 0 radical (unpaired) electrons. The topological polar surface area (TPSA) is 128 Å². The lowest BCUT2D eigenvalue weighted by molar-refractivity contribution is -0.265. The van der Waals surface area contributed by atoms with E-state index >= 15 is 0 Å². The first-order valence-corrected chi connectivity index (χ1v) is 7.54. The average Bonchev–Trinajstić information content (AvgIpc) is 2.52. The Morgan fingerprint density at radius 2 is 1.95 bits per heavy atom. The molecule has 0 aliphatic carbocycles. The van der Waals surface area contributed by atoms with E-state index < -0.39 is 37.3 Å². The second-order valence-electron chi connectivity index (χ2n) is 5.26. The van der Waals surface area contributed by atoms with Gasteiger partial charge >= 0.3 is 0 Å². The van der Waals surface area contributed by atoms with Gasteiger partial charge in [0.2, 0.25) is 0 Å². The number of azide groups is 1. The SMILES string of the molecule is C=CCCCCCCOC1OC(CO)[C@@H](O)[C@H](O)C1N=[N+]=[N-]. The fraction of sp³-hybridized carbons (Fsp3) is 0.857. The zero-order chi connectivity index (χ0) is 16.4. The van der Waals surface area contributed by atoms with E-state index in [1.54, 1.807) is 0 Å². The molecule has 8 heteroatoms. The van der Waals surface area contributed by atoms with E-state index in [1.807, 2.05) is 6.08 Å². The maximum atomic E-state index is 9.94. The van der Waals surface area contributed by atoms with Crippen LogP contribution in [0.4, 0.5) is 0 Å². The minimum absolute atomic E-state index is 0.386. The monoisotopic (exact) mass is 315 g/mol. The average molecular weight is 315 g/mol. The summed E-state index contributed by atoms with van der Waals surface area (Å²) in [6.45, 7) is 3.59. The highest BCUT2D eigenvalue weighted by molar-refractivity contribution is 4.93. The highest BCUT2D eigenvalue weighted by atomic mass is 16.7. The van der Waals surface area contributed by atoms with Crippen LogP contribution in [0.25, 0.3) is 10.4 Å². The van der Waals surface area contributed by atoms with Crippen molar-refractivity contribution in [2.24, 2.45) is 5.11 Å². The molecule has 3 N–H and O–H groups in total. The number of hydrogen-bond donors (Lipinski definition) is 3. The fourth-order valence-electron chi connectivity index (χ4n) is 2.33. The van der Waals surface area contributed by atoms with E-state index in [2.05, 4.69) is 16.6 Å². The summed E-state index contributed by atoms with van der Waals surface area (Å²) in [6.07, 6.45) is 2.25. The molecule has 1 fully saturated rings. The molecule has 0 aromatic rings. The minimum atomic E-state index is -1.33. The Hall–Kier alpha value is -1.15. The molecule has 8 nitrogen and oxygen atoms in total. The van der Waals surface area contributed by atoms with Gasteiger partial charge in [-0.15, -0.1) is 6.58 Å². The van der Waals surface area contributed by atoms with Crippen molar-refractivity contribution in [2.75, 3.05) is 13.2 Å². The molecule has 1 rings (SSSR count). The molecule has 1 aliphatic rings. The van der Waals surface area contributed by atoms with E-state index in [0.29, 0.717) is 6.61 Å². The summed E-state index contributed by atoms with van der Waals surface area (Å²) in [5.41, 5.74) is 8.55. The van der Waals surface area contributed by atoms with Crippen LogP contribution in [-0.2, 0) is 9.47 Å². The van der Waals surface area contributed by atoms with Gasteiger partial charge in [-0.1, -0.05) is 24.0 Å². The Balaban J connectivity index is 2.43. The second kappa shape index (κ2) is 10.6. The summed E-state index contributed by atoms with van der Waals surface area (Å²) in [7, 11) is 0. The van der Waals surface area contributed by atoms with Crippen molar-refractivity contribution < 1.29 is 24.8 Å². The zero-order valence-corrected chi connectivity index (χ0v) is 12.6. The summed E-state index contributed by atoms with van der Waals surface area (Å²) >= 11 is 0. The molecule has 5 atom stereocenters. The number of nitrogens with zero attached hydrogens (tertiary/aromatic N) is 3. The van der Waals surface area contributed by atoms with Crippen molar-refractivity contribution in [1.82, 2.24) is 0 Å². The Bertz CT molecular complexity index is 375. The summed E-state index contributed by atoms with van der Waals surface area (Å²) in [4.78, 5) is 2.65. The normalized spacial score (nSPS) is 31.5. The Labute approximate surface area is 130 Å². The number of aliphatic hydroxyl groups is 3. The van der Waals surface area contributed by atoms with Crippen LogP contribution in [0.2, 0.25) is 0 Å². The molecule has 0 saturated carbocycles. The van der Waals surface area contributed by atoms with E-state index in [-0.39, 0.29) is 0 Å². The third-order valence-corrected chi connectivity index (χ3v) is 3.62. The van der Waals surface area contributed by atoms with Gasteiger partial charge in [0.25, 0.3) is 0 Å². The number of rotatable bonds is 10. The first-order valence-electron chi connectivity index (χ1n) is 7.54. The molecule has 0 aromatic carbocycles. The summed E-state index contributed by atoms with van der Waals surface area (Å²) in [5.74, 6) is 0. The van der Waals surface area contributed by atoms with Crippen LogP contribution in [0.3, 0.4) is 0 Å². The Morgan fingerprint density at radius 1 is 1.23 bits per heavy atom. The van der Waals surface area contributed by atoms with E-state index in [4.69, 9.17) is 20.1 Å².